The van der Waals surface area contributed by atoms with Crippen molar-refractivity contribution in [3.05, 3.63) is 12.4 Å². The van der Waals surface area contributed by atoms with Crippen molar-refractivity contribution in [1.29, 1.82) is 0 Å². The standard InChI is InChI=1S/C10H15BrFN3O/c1-8(11)10(16)14-9-6-13-15(7-9)5-3-2-4-12/h6-8H,2-5H2,1H3,(H,14,16)/t8-/m0/s1. The van der Waals surface area contributed by atoms with Crippen molar-refractivity contribution in [2.75, 3.05) is 12.0 Å². The van der Waals surface area contributed by atoms with Gasteiger partial charge in [0.15, 0.2) is 0 Å². The SMILES string of the molecule is C[C@H](Br)C(=O)Nc1cnn(CCCCF)c1. The smallest absolute Gasteiger partial charge is 0.237 e. The largest absolute Gasteiger partial charge is 0.322 e. The van der Waals surface area contributed by atoms with Crippen LogP contribution in [-0.2, 0) is 11.3 Å². The van der Waals surface area contributed by atoms with Gasteiger partial charge in [-0.3, -0.25) is 13.9 Å². The molecule has 6 heteroatoms. The highest BCUT2D eigenvalue weighted by molar-refractivity contribution is 9.10. The molecule has 16 heavy (non-hydrogen) atoms. The van der Waals surface area contributed by atoms with Gasteiger partial charge in [0.2, 0.25) is 5.91 Å². The first-order valence-electron chi connectivity index (χ1n) is 5.17. The summed E-state index contributed by atoms with van der Waals surface area (Å²) in [5.41, 5.74) is 0.663. The zero-order chi connectivity index (χ0) is 12.0. The number of unbranched alkanes of at least 4 members (excludes halogenated alkanes) is 1. The van der Waals surface area contributed by atoms with Gasteiger partial charge < -0.3 is 5.32 Å². The second-order valence-electron chi connectivity index (χ2n) is 3.49. The van der Waals surface area contributed by atoms with Crippen molar-refractivity contribution in [3.63, 3.8) is 0 Å². The summed E-state index contributed by atoms with van der Waals surface area (Å²) in [4.78, 5) is 11.1. The predicted octanol–water partition coefficient (Wildman–Crippen LogP) is 2.35. The Balaban J connectivity index is 2.42. The molecule has 90 valence electrons. The first kappa shape index (κ1) is 13.2. The van der Waals surface area contributed by atoms with E-state index in [1.54, 1.807) is 24.0 Å². The van der Waals surface area contributed by atoms with Crippen LogP contribution in [0.15, 0.2) is 12.4 Å². The highest BCUT2D eigenvalue weighted by atomic mass is 79.9. The molecule has 1 amide bonds. The molecule has 0 aliphatic heterocycles. The van der Waals surface area contributed by atoms with Gasteiger partial charge in [-0.2, -0.15) is 5.10 Å². The summed E-state index contributed by atoms with van der Waals surface area (Å²) >= 11 is 3.17. The van der Waals surface area contributed by atoms with E-state index in [0.717, 1.165) is 6.42 Å². The third kappa shape index (κ3) is 4.30. The lowest BCUT2D eigenvalue weighted by Crippen LogP contribution is -2.19. The number of carbonyl (C=O) groups excluding carboxylic acids is 1. The predicted molar refractivity (Wildman–Crippen MR) is 64.5 cm³/mol. The number of aryl methyl sites for hydroxylation is 1. The molecule has 1 aromatic rings. The average Bonchev–Trinajstić information content (AvgIpc) is 2.66. The molecule has 4 nitrogen and oxygen atoms in total. The lowest BCUT2D eigenvalue weighted by molar-refractivity contribution is -0.115. The molecule has 1 atom stereocenters. The number of hydrogen-bond donors (Lipinski definition) is 1. The van der Waals surface area contributed by atoms with Crippen molar-refractivity contribution >= 4 is 27.5 Å². The van der Waals surface area contributed by atoms with Gasteiger partial charge in [-0.1, -0.05) is 15.9 Å². The summed E-state index contributed by atoms with van der Waals surface area (Å²) in [6.07, 6.45) is 4.62. The zero-order valence-corrected chi connectivity index (χ0v) is 10.7. The number of carbonyl (C=O) groups is 1. The van der Waals surface area contributed by atoms with Gasteiger partial charge in [0.25, 0.3) is 0 Å². The summed E-state index contributed by atoms with van der Waals surface area (Å²) in [5, 5.41) is 6.77. The Bertz CT molecular complexity index is 341. The summed E-state index contributed by atoms with van der Waals surface area (Å²) in [7, 11) is 0. The number of nitrogens with one attached hydrogen (secondary N) is 1. The molecule has 1 N–H and O–H groups in total. The number of alkyl halides is 2. The van der Waals surface area contributed by atoms with Crippen molar-refractivity contribution < 1.29 is 9.18 Å². The molecule has 0 saturated carbocycles. The normalized spacial score (nSPS) is 12.4. The maximum Gasteiger partial charge on any atom is 0.237 e. The van der Waals surface area contributed by atoms with Gasteiger partial charge in [-0.25, -0.2) is 0 Å². The third-order valence-corrected chi connectivity index (χ3v) is 2.45. The minimum Gasteiger partial charge on any atom is -0.322 e. The van der Waals surface area contributed by atoms with E-state index in [9.17, 15) is 9.18 Å². The minimum atomic E-state index is -0.300. The molecule has 0 aromatic carbocycles. The third-order valence-electron chi connectivity index (χ3n) is 2.03. The van der Waals surface area contributed by atoms with Crippen LogP contribution in [0.2, 0.25) is 0 Å². The van der Waals surface area contributed by atoms with Crippen LogP contribution >= 0.6 is 15.9 Å². The van der Waals surface area contributed by atoms with E-state index in [0.29, 0.717) is 18.7 Å². The Morgan fingerprint density at radius 2 is 2.44 bits per heavy atom. The first-order chi connectivity index (χ1) is 7.63. The average molecular weight is 292 g/mol. The lowest BCUT2D eigenvalue weighted by atomic mass is 10.3. The Morgan fingerprint density at radius 3 is 3.06 bits per heavy atom. The zero-order valence-electron chi connectivity index (χ0n) is 9.12. The van der Waals surface area contributed by atoms with Gasteiger partial charge in [0, 0.05) is 12.7 Å². The maximum atomic E-state index is 11.9. The number of amides is 1. The Hall–Kier alpha value is -0.910. The molecule has 0 fully saturated rings. The summed E-state index contributed by atoms with van der Waals surface area (Å²) in [6.45, 7) is 2.12. The molecular weight excluding hydrogens is 277 g/mol. The fourth-order valence-corrected chi connectivity index (χ4v) is 1.27. The van der Waals surface area contributed by atoms with E-state index >= 15 is 0 Å². The van der Waals surface area contributed by atoms with E-state index in [4.69, 9.17) is 0 Å². The molecule has 0 aliphatic rings. The van der Waals surface area contributed by atoms with Crippen molar-refractivity contribution in [1.82, 2.24) is 9.78 Å². The molecule has 0 unspecified atom stereocenters. The monoisotopic (exact) mass is 291 g/mol. The molecule has 0 aliphatic carbocycles. The van der Waals surface area contributed by atoms with Crippen LogP contribution in [0.1, 0.15) is 19.8 Å². The fraction of sp³-hybridized carbons (Fsp3) is 0.600. The van der Waals surface area contributed by atoms with Crippen LogP contribution in [0, 0.1) is 0 Å². The Labute approximate surface area is 102 Å². The molecule has 0 radical (unpaired) electrons. The number of halogens is 2. The lowest BCUT2D eigenvalue weighted by Gasteiger charge is -2.03. The Morgan fingerprint density at radius 1 is 1.69 bits per heavy atom. The first-order valence-corrected chi connectivity index (χ1v) is 6.08. The summed E-state index contributed by atoms with van der Waals surface area (Å²) in [6, 6.07) is 0. The van der Waals surface area contributed by atoms with Crippen molar-refractivity contribution in [2.24, 2.45) is 0 Å². The molecule has 0 saturated heterocycles. The van der Waals surface area contributed by atoms with E-state index in [2.05, 4.69) is 26.3 Å². The van der Waals surface area contributed by atoms with E-state index < -0.39 is 0 Å². The van der Waals surface area contributed by atoms with Crippen LogP contribution in [0.25, 0.3) is 0 Å². The van der Waals surface area contributed by atoms with Crippen molar-refractivity contribution in [2.45, 2.75) is 31.1 Å². The van der Waals surface area contributed by atoms with Gasteiger partial charge in [0.05, 0.1) is 23.4 Å². The number of nitrogens with zero attached hydrogens (tertiary/aromatic N) is 2. The molecule has 1 rings (SSSR count). The second kappa shape index (κ2) is 6.62. The Kier molecular flexibility index (Phi) is 5.45. The van der Waals surface area contributed by atoms with Crippen LogP contribution in [-0.4, -0.2) is 27.2 Å². The molecule has 0 bridgehead atoms. The number of aromatic nitrogens is 2. The van der Waals surface area contributed by atoms with Crippen LogP contribution in [0.5, 0.6) is 0 Å². The van der Waals surface area contributed by atoms with Crippen LogP contribution < -0.4 is 5.32 Å². The van der Waals surface area contributed by atoms with Crippen LogP contribution in [0.4, 0.5) is 10.1 Å². The van der Waals surface area contributed by atoms with E-state index in [1.165, 1.54) is 0 Å². The maximum absolute atomic E-state index is 11.9. The summed E-state index contributed by atoms with van der Waals surface area (Å²) < 4.78 is 13.6. The number of hydrogen-bond acceptors (Lipinski definition) is 2. The fourth-order valence-electron chi connectivity index (χ4n) is 1.16. The number of rotatable bonds is 6. The van der Waals surface area contributed by atoms with E-state index in [-0.39, 0.29) is 17.4 Å². The van der Waals surface area contributed by atoms with Crippen LogP contribution in [0.3, 0.4) is 0 Å². The minimum absolute atomic E-state index is 0.108. The van der Waals surface area contributed by atoms with Gasteiger partial charge in [-0.05, 0) is 19.8 Å². The highest BCUT2D eigenvalue weighted by Gasteiger charge is 2.09. The highest BCUT2D eigenvalue weighted by Crippen LogP contribution is 2.08. The quantitative estimate of drug-likeness (QED) is 0.646. The summed E-state index contributed by atoms with van der Waals surface area (Å²) in [5.74, 6) is -0.108. The number of anilines is 1. The van der Waals surface area contributed by atoms with Crippen molar-refractivity contribution in [3.8, 4) is 0 Å². The van der Waals surface area contributed by atoms with E-state index in [1.807, 2.05) is 0 Å². The topological polar surface area (TPSA) is 46.9 Å². The second-order valence-corrected chi connectivity index (χ2v) is 4.87. The molecule has 1 heterocycles. The molecule has 1 aromatic heterocycles. The molecular formula is C10H15BrFN3O. The molecule has 0 spiro atoms. The van der Waals surface area contributed by atoms with Gasteiger partial charge in [0.1, 0.15) is 0 Å². The van der Waals surface area contributed by atoms with Gasteiger partial charge >= 0.3 is 0 Å². The van der Waals surface area contributed by atoms with Gasteiger partial charge in [-0.15, -0.1) is 0 Å².